The Balaban J connectivity index is 1.61. The monoisotopic (exact) mass is 295 g/mol. The lowest BCUT2D eigenvalue weighted by atomic mass is 9.98. The molecule has 2 aliphatic rings. The van der Waals surface area contributed by atoms with Crippen molar-refractivity contribution < 1.29 is 9.59 Å². The number of nitrogens with one attached hydrogen (secondary N) is 1. The number of amides is 2. The van der Waals surface area contributed by atoms with Crippen LogP contribution in [0.25, 0.3) is 0 Å². The van der Waals surface area contributed by atoms with Crippen molar-refractivity contribution in [2.75, 3.05) is 26.2 Å². The summed E-state index contributed by atoms with van der Waals surface area (Å²) in [6.45, 7) is 7.57. The second-order valence-corrected chi connectivity index (χ2v) is 6.45. The molecule has 120 valence electrons. The first kappa shape index (κ1) is 16.3. The first-order valence-corrected chi connectivity index (χ1v) is 8.38. The van der Waals surface area contributed by atoms with Gasteiger partial charge in [-0.15, -0.1) is 0 Å². The van der Waals surface area contributed by atoms with Crippen molar-refractivity contribution in [1.82, 2.24) is 15.1 Å². The molecule has 21 heavy (non-hydrogen) atoms. The minimum Gasteiger partial charge on any atom is -0.355 e. The Morgan fingerprint density at radius 1 is 1.19 bits per heavy atom. The number of likely N-dealkylation sites (tertiary alicyclic amines) is 2. The molecule has 2 heterocycles. The van der Waals surface area contributed by atoms with Gasteiger partial charge in [0.05, 0.1) is 0 Å². The van der Waals surface area contributed by atoms with Crippen LogP contribution in [0.1, 0.15) is 52.4 Å². The maximum Gasteiger partial charge on any atom is 0.222 e. The zero-order chi connectivity index (χ0) is 15.2. The molecule has 0 radical (unpaired) electrons. The van der Waals surface area contributed by atoms with E-state index in [1.165, 1.54) is 19.3 Å². The van der Waals surface area contributed by atoms with Crippen molar-refractivity contribution in [3.8, 4) is 0 Å². The number of piperidine rings is 1. The predicted octanol–water partition coefficient (Wildman–Crippen LogP) is 1.38. The Kier molecular flexibility index (Phi) is 6.03. The molecule has 2 rings (SSSR count). The van der Waals surface area contributed by atoms with Crippen LogP contribution in [0.5, 0.6) is 0 Å². The van der Waals surface area contributed by atoms with E-state index in [9.17, 15) is 9.59 Å². The number of carbonyl (C=O) groups excluding carboxylic acids is 2. The molecule has 2 unspecified atom stereocenters. The fourth-order valence-corrected chi connectivity index (χ4v) is 3.51. The van der Waals surface area contributed by atoms with Gasteiger partial charge in [-0.1, -0.05) is 6.42 Å². The van der Waals surface area contributed by atoms with Crippen LogP contribution in [0.3, 0.4) is 0 Å². The quantitative estimate of drug-likeness (QED) is 0.805. The van der Waals surface area contributed by atoms with Crippen molar-refractivity contribution >= 4 is 11.8 Å². The van der Waals surface area contributed by atoms with Crippen molar-refractivity contribution in [2.24, 2.45) is 0 Å². The third-order valence-corrected chi connectivity index (χ3v) is 4.85. The molecule has 0 aromatic rings. The SMILES string of the molecule is CC1CCCC(C)N1CCNC(=O)CCN1CCCC1=O. The lowest BCUT2D eigenvalue weighted by Gasteiger charge is -2.39. The van der Waals surface area contributed by atoms with E-state index < -0.39 is 0 Å². The van der Waals surface area contributed by atoms with Gasteiger partial charge >= 0.3 is 0 Å². The van der Waals surface area contributed by atoms with Gasteiger partial charge in [0.1, 0.15) is 0 Å². The Morgan fingerprint density at radius 3 is 2.52 bits per heavy atom. The first-order valence-electron chi connectivity index (χ1n) is 8.38. The average Bonchev–Trinajstić information content (AvgIpc) is 2.85. The number of hydrogen-bond donors (Lipinski definition) is 1. The predicted molar refractivity (Wildman–Crippen MR) is 82.9 cm³/mol. The van der Waals surface area contributed by atoms with Crippen LogP contribution in [-0.2, 0) is 9.59 Å². The number of carbonyl (C=O) groups is 2. The highest BCUT2D eigenvalue weighted by molar-refractivity contribution is 5.80. The van der Waals surface area contributed by atoms with Gasteiger partial charge < -0.3 is 10.2 Å². The van der Waals surface area contributed by atoms with Crippen LogP contribution in [0.15, 0.2) is 0 Å². The molecule has 0 saturated carbocycles. The third kappa shape index (κ3) is 4.70. The molecule has 0 aromatic carbocycles. The van der Waals surface area contributed by atoms with Crippen molar-refractivity contribution in [3.63, 3.8) is 0 Å². The molecule has 2 aliphatic heterocycles. The van der Waals surface area contributed by atoms with Gasteiger partial charge in [0, 0.05) is 51.1 Å². The number of hydrogen-bond acceptors (Lipinski definition) is 3. The summed E-state index contributed by atoms with van der Waals surface area (Å²) in [5.41, 5.74) is 0. The summed E-state index contributed by atoms with van der Waals surface area (Å²) in [5.74, 6) is 0.255. The van der Waals surface area contributed by atoms with E-state index >= 15 is 0 Å². The van der Waals surface area contributed by atoms with Crippen LogP contribution in [-0.4, -0.2) is 59.9 Å². The molecule has 0 spiro atoms. The maximum absolute atomic E-state index is 11.8. The molecule has 2 fully saturated rings. The van der Waals surface area contributed by atoms with Gasteiger partial charge in [-0.3, -0.25) is 14.5 Å². The highest BCUT2D eigenvalue weighted by Gasteiger charge is 2.24. The molecule has 1 N–H and O–H groups in total. The van der Waals surface area contributed by atoms with Crippen LogP contribution in [0, 0.1) is 0 Å². The molecule has 5 heteroatoms. The molecule has 0 aromatic heterocycles. The fourth-order valence-electron chi connectivity index (χ4n) is 3.51. The Bertz CT molecular complexity index is 363. The lowest BCUT2D eigenvalue weighted by Crippen LogP contribution is -2.47. The minimum absolute atomic E-state index is 0.0621. The van der Waals surface area contributed by atoms with E-state index in [1.807, 2.05) is 0 Å². The zero-order valence-electron chi connectivity index (χ0n) is 13.4. The zero-order valence-corrected chi connectivity index (χ0v) is 13.4. The average molecular weight is 295 g/mol. The van der Waals surface area contributed by atoms with Gasteiger partial charge in [0.2, 0.25) is 11.8 Å². The van der Waals surface area contributed by atoms with Crippen molar-refractivity contribution in [2.45, 2.75) is 64.5 Å². The normalized spacial score (nSPS) is 27.1. The summed E-state index contributed by atoms with van der Waals surface area (Å²) in [6.07, 6.45) is 5.84. The summed E-state index contributed by atoms with van der Waals surface area (Å²) < 4.78 is 0. The maximum atomic E-state index is 11.8. The van der Waals surface area contributed by atoms with Crippen LogP contribution >= 0.6 is 0 Å². The highest BCUT2D eigenvalue weighted by atomic mass is 16.2. The van der Waals surface area contributed by atoms with Gasteiger partial charge in [0.15, 0.2) is 0 Å². The molecule has 5 nitrogen and oxygen atoms in total. The summed E-state index contributed by atoms with van der Waals surface area (Å²) in [5, 5.41) is 2.99. The number of nitrogens with zero attached hydrogens (tertiary/aromatic N) is 2. The second-order valence-electron chi connectivity index (χ2n) is 6.45. The van der Waals surface area contributed by atoms with E-state index in [1.54, 1.807) is 4.90 Å². The van der Waals surface area contributed by atoms with Crippen LogP contribution < -0.4 is 5.32 Å². The fraction of sp³-hybridized carbons (Fsp3) is 0.875. The highest BCUT2D eigenvalue weighted by Crippen LogP contribution is 2.21. The summed E-state index contributed by atoms with van der Waals surface area (Å²) in [4.78, 5) is 27.6. The smallest absolute Gasteiger partial charge is 0.222 e. The summed E-state index contributed by atoms with van der Waals surface area (Å²) in [7, 11) is 0. The molecular formula is C16H29N3O2. The van der Waals surface area contributed by atoms with E-state index in [0.29, 0.717) is 38.0 Å². The van der Waals surface area contributed by atoms with Crippen LogP contribution in [0.4, 0.5) is 0 Å². The standard InChI is InChI=1S/C16H29N3O2/c1-13-5-3-6-14(2)19(13)12-9-17-15(20)8-11-18-10-4-7-16(18)21/h13-14H,3-12H2,1-2H3,(H,17,20). The molecule has 0 bridgehead atoms. The first-order chi connectivity index (χ1) is 10.1. The summed E-state index contributed by atoms with van der Waals surface area (Å²) in [6, 6.07) is 1.24. The lowest BCUT2D eigenvalue weighted by molar-refractivity contribution is -0.128. The van der Waals surface area contributed by atoms with Crippen LogP contribution in [0.2, 0.25) is 0 Å². The Hall–Kier alpha value is -1.10. The second kappa shape index (κ2) is 7.78. The molecule has 0 aliphatic carbocycles. The van der Waals surface area contributed by atoms with Gasteiger partial charge in [-0.25, -0.2) is 0 Å². The molecule has 2 atom stereocenters. The topological polar surface area (TPSA) is 52.7 Å². The van der Waals surface area contributed by atoms with E-state index in [2.05, 4.69) is 24.1 Å². The van der Waals surface area contributed by atoms with E-state index in [0.717, 1.165) is 19.5 Å². The molecule has 2 amide bonds. The van der Waals surface area contributed by atoms with Crippen molar-refractivity contribution in [3.05, 3.63) is 0 Å². The van der Waals surface area contributed by atoms with Crippen molar-refractivity contribution in [1.29, 1.82) is 0 Å². The Labute approximate surface area is 128 Å². The van der Waals surface area contributed by atoms with E-state index in [-0.39, 0.29) is 11.8 Å². The van der Waals surface area contributed by atoms with Gasteiger partial charge in [0.25, 0.3) is 0 Å². The molecule has 2 saturated heterocycles. The van der Waals surface area contributed by atoms with Gasteiger partial charge in [-0.05, 0) is 33.1 Å². The van der Waals surface area contributed by atoms with E-state index in [4.69, 9.17) is 0 Å². The third-order valence-electron chi connectivity index (χ3n) is 4.85. The number of rotatable bonds is 6. The summed E-state index contributed by atoms with van der Waals surface area (Å²) >= 11 is 0. The largest absolute Gasteiger partial charge is 0.355 e. The Morgan fingerprint density at radius 2 is 1.90 bits per heavy atom. The molecular weight excluding hydrogens is 266 g/mol. The van der Waals surface area contributed by atoms with Gasteiger partial charge in [-0.2, -0.15) is 0 Å². The minimum atomic E-state index is 0.0621.